The number of amidine groups is 1. The van der Waals surface area contributed by atoms with Crippen LogP contribution in [0.15, 0.2) is 21.7 Å². The number of aromatic nitrogens is 2. The SMILES string of the molecule is CCOC(=O)/N=C(\SCC)N(CC)c1cc2cn(C)nc2c(Br)c1C. The van der Waals surface area contributed by atoms with E-state index in [-0.39, 0.29) is 0 Å². The van der Waals surface area contributed by atoms with Gasteiger partial charge in [0.1, 0.15) is 5.52 Å². The van der Waals surface area contributed by atoms with Gasteiger partial charge in [0.2, 0.25) is 0 Å². The lowest BCUT2D eigenvalue weighted by atomic mass is 10.1. The highest BCUT2D eigenvalue weighted by molar-refractivity contribution is 9.10. The van der Waals surface area contributed by atoms with Gasteiger partial charge in [0, 0.05) is 30.9 Å². The Morgan fingerprint density at radius 2 is 2.16 bits per heavy atom. The molecule has 0 saturated heterocycles. The van der Waals surface area contributed by atoms with Crippen molar-refractivity contribution >= 4 is 55.5 Å². The van der Waals surface area contributed by atoms with E-state index in [9.17, 15) is 4.79 Å². The number of thioether (sulfide) groups is 1. The summed E-state index contributed by atoms with van der Waals surface area (Å²) in [5.74, 6) is 0.810. The second-order valence-electron chi connectivity index (χ2n) is 5.35. The summed E-state index contributed by atoms with van der Waals surface area (Å²) < 4.78 is 7.74. The van der Waals surface area contributed by atoms with Crippen LogP contribution in [0, 0.1) is 6.92 Å². The third kappa shape index (κ3) is 4.36. The number of ether oxygens (including phenoxy) is 1. The maximum atomic E-state index is 11.9. The van der Waals surface area contributed by atoms with Crippen molar-refractivity contribution in [3.8, 4) is 0 Å². The first-order chi connectivity index (χ1) is 11.9. The van der Waals surface area contributed by atoms with Crippen LogP contribution in [-0.2, 0) is 11.8 Å². The summed E-state index contributed by atoms with van der Waals surface area (Å²) >= 11 is 5.19. The minimum absolute atomic E-state index is 0.310. The van der Waals surface area contributed by atoms with Crippen LogP contribution in [0.25, 0.3) is 10.9 Å². The minimum Gasteiger partial charge on any atom is -0.448 e. The Balaban J connectivity index is 2.55. The van der Waals surface area contributed by atoms with E-state index in [0.717, 1.165) is 32.4 Å². The van der Waals surface area contributed by atoms with Crippen molar-refractivity contribution < 1.29 is 9.53 Å². The van der Waals surface area contributed by atoms with Gasteiger partial charge in [-0.2, -0.15) is 10.1 Å². The summed E-state index contributed by atoms with van der Waals surface area (Å²) in [6.07, 6.45) is 1.42. The fraction of sp³-hybridized carbons (Fsp3) is 0.471. The number of carbonyl (C=O) groups is 1. The summed E-state index contributed by atoms with van der Waals surface area (Å²) in [5.41, 5.74) is 2.98. The molecule has 1 aromatic heterocycles. The van der Waals surface area contributed by atoms with Gasteiger partial charge in [-0.25, -0.2) is 4.79 Å². The number of rotatable bonds is 4. The summed E-state index contributed by atoms with van der Waals surface area (Å²) in [6.45, 7) is 8.88. The molecule has 0 aliphatic carbocycles. The third-order valence-electron chi connectivity index (χ3n) is 3.64. The Hall–Kier alpha value is -1.54. The zero-order chi connectivity index (χ0) is 18.6. The minimum atomic E-state index is -0.559. The van der Waals surface area contributed by atoms with Crippen molar-refractivity contribution in [3.05, 3.63) is 22.3 Å². The lowest BCUT2D eigenvalue weighted by Gasteiger charge is -2.26. The fourth-order valence-electron chi connectivity index (χ4n) is 2.55. The van der Waals surface area contributed by atoms with Gasteiger partial charge in [-0.15, -0.1) is 0 Å². The Bertz CT molecular complexity index is 804. The van der Waals surface area contributed by atoms with Gasteiger partial charge in [-0.3, -0.25) is 4.68 Å². The normalized spacial score (nSPS) is 11.8. The molecule has 136 valence electrons. The predicted octanol–water partition coefficient (Wildman–Crippen LogP) is 4.74. The van der Waals surface area contributed by atoms with Crippen molar-refractivity contribution in [1.82, 2.24) is 9.78 Å². The summed E-state index contributed by atoms with van der Waals surface area (Å²) in [5, 5.41) is 6.17. The molecule has 1 aromatic carbocycles. The van der Waals surface area contributed by atoms with Crippen LogP contribution in [-0.4, -0.2) is 39.9 Å². The third-order valence-corrected chi connectivity index (χ3v) is 5.47. The van der Waals surface area contributed by atoms with Crippen molar-refractivity contribution in [2.24, 2.45) is 12.0 Å². The standard InChI is InChI=1S/C17H23BrN4O2S/c1-6-22(16(25-8-3)19-17(23)24-7-2)13-9-12-10-21(5)20-15(12)14(18)11(13)4/h9-10H,6-8H2,1-5H3/b19-16-. The molecular formula is C17H23BrN4O2S. The average Bonchev–Trinajstić information content (AvgIpc) is 2.94. The molecular weight excluding hydrogens is 404 g/mol. The first kappa shape index (κ1) is 19.8. The maximum absolute atomic E-state index is 11.9. The van der Waals surface area contributed by atoms with Gasteiger partial charge in [0.05, 0.1) is 11.1 Å². The molecule has 0 atom stereocenters. The van der Waals surface area contributed by atoms with E-state index >= 15 is 0 Å². The van der Waals surface area contributed by atoms with Crippen LogP contribution in [0.4, 0.5) is 10.5 Å². The number of anilines is 1. The largest absolute Gasteiger partial charge is 0.448 e. The van der Waals surface area contributed by atoms with Crippen LogP contribution >= 0.6 is 27.7 Å². The number of aliphatic imine (C=N–C) groups is 1. The fourth-order valence-corrected chi connectivity index (χ4v) is 3.84. The Morgan fingerprint density at radius 3 is 2.76 bits per heavy atom. The van der Waals surface area contributed by atoms with Crippen LogP contribution in [0.3, 0.4) is 0 Å². The van der Waals surface area contributed by atoms with Crippen molar-refractivity contribution in [1.29, 1.82) is 0 Å². The van der Waals surface area contributed by atoms with Gasteiger partial charge in [-0.05, 0) is 54.1 Å². The Kier molecular flexibility index (Phi) is 6.89. The number of nitrogens with zero attached hydrogens (tertiary/aromatic N) is 4. The quantitative estimate of drug-likeness (QED) is 0.521. The van der Waals surface area contributed by atoms with E-state index in [0.29, 0.717) is 18.3 Å². The van der Waals surface area contributed by atoms with Crippen LogP contribution in [0.2, 0.25) is 0 Å². The predicted molar refractivity (Wildman–Crippen MR) is 109 cm³/mol. The van der Waals surface area contributed by atoms with E-state index < -0.39 is 6.09 Å². The Morgan fingerprint density at radius 1 is 1.44 bits per heavy atom. The van der Waals surface area contributed by atoms with E-state index in [4.69, 9.17) is 4.74 Å². The number of carbonyl (C=O) groups excluding carboxylic acids is 1. The number of benzene rings is 1. The molecule has 2 aromatic rings. The number of aryl methyl sites for hydroxylation is 1. The van der Waals surface area contributed by atoms with E-state index in [2.05, 4.69) is 32.1 Å². The topological polar surface area (TPSA) is 59.7 Å². The van der Waals surface area contributed by atoms with Crippen molar-refractivity contribution in [3.63, 3.8) is 0 Å². The summed E-state index contributed by atoms with van der Waals surface area (Å²) in [4.78, 5) is 18.1. The number of halogens is 1. The molecule has 0 radical (unpaired) electrons. The highest BCUT2D eigenvalue weighted by Gasteiger charge is 2.20. The zero-order valence-electron chi connectivity index (χ0n) is 15.2. The Labute approximate surface area is 160 Å². The molecule has 0 aliphatic heterocycles. The van der Waals surface area contributed by atoms with E-state index in [1.54, 1.807) is 11.6 Å². The highest BCUT2D eigenvalue weighted by Crippen LogP contribution is 2.35. The average molecular weight is 427 g/mol. The van der Waals surface area contributed by atoms with Crippen LogP contribution in [0.5, 0.6) is 0 Å². The number of fused-ring (bicyclic) bond motifs is 1. The molecule has 6 nitrogen and oxygen atoms in total. The van der Waals surface area contributed by atoms with E-state index in [1.807, 2.05) is 38.9 Å². The molecule has 0 N–H and O–H groups in total. The number of amides is 1. The summed E-state index contributed by atoms with van der Waals surface area (Å²) in [7, 11) is 1.90. The highest BCUT2D eigenvalue weighted by atomic mass is 79.9. The van der Waals surface area contributed by atoms with Gasteiger partial charge in [0.15, 0.2) is 5.17 Å². The number of hydrogen-bond acceptors (Lipinski definition) is 4. The van der Waals surface area contributed by atoms with Gasteiger partial charge < -0.3 is 9.64 Å². The molecule has 0 bridgehead atoms. The van der Waals surface area contributed by atoms with Crippen LogP contribution < -0.4 is 4.90 Å². The molecule has 2 rings (SSSR count). The second kappa shape index (κ2) is 8.71. The molecule has 0 fully saturated rings. The zero-order valence-corrected chi connectivity index (χ0v) is 17.6. The van der Waals surface area contributed by atoms with Crippen LogP contribution in [0.1, 0.15) is 26.3 Å². The van der Waals surface area contributed by atoms with Gasteiger partial charge >= 0.3 is 6.09 Å². The number of hydrogen-bond donors (Lipinski definition) is 0. The first-order valence-corrected chi connectivity index (χ1v) is 9.98. The lowest BCUT2D eigenvalue weighted by Crippen LogP contribution is -2.30. The second-order valence-corrected chi connectivity index (χ2v) is 7.37. The first-order valence-electron chi connectivity index (χ1n) is 8.21. The smallest absolute Gasteiger partial charge is 0.436 e. The molecule has 1 amide bonds. The molecule has 0 unspecified atom stereocenters. The molecule has 0 aliphatic rings. The van der Waals surface area contributed by atoms with Gasteiger partial charge in [-0.1, -0.05) is 18.7 Å². The van der Waals surface area contributed by atoms with E-state index in [1.165, 1.54) is 11.8 Å². The molecule has 0 spiro atoms. The molecule has 0 saturated carbocycles. The maximum Gasteiger partial charge on any atom is 0.436 e. The van der Waals surface area contributed by atoms with Crippen molar-refractivity contribution in [2.75, 3.05) is 23.8 Å². The van der Waals surface area contributed by atoms with Crippen molar-refractivity contribution in [2.45, 2.75) is 27.7 Å². The molecule has 25 heavy (non-hydrogen) atoms. The lowest BCUT2D eigenvalue weighted by molar-refractivity contribution is 0.163. The monoisotopic (exact) mass is 426 g/mol. The molecule has 8 heteroatoms. The van der Waals surface area contributed by atoms with Gasteiger partial charge in [0.25, 0.3) is 0 Å². The molecule has 1 heterocycles. The summed E-state index contributed by atoms with van der Waals surface area (Å²) in [6, 6.07) is 2.09.